The Kier molecular flexibility index (Phi) is 5.09. The highest BCUT2D eigenvalue weighted by Crippen LogP contribution is 2.16. The summed E-state index contributed by atoms with van der Waals surface area (Å²) >= 11 is 1.37. The molecule has 0 radical (unpaired) electrons. The van der Waals surface area contributed by atoms with Crippen LogP contribution in [0.2, 0.25) is 0 Å². The Morgan fingerprint density at radius 3 is 2.75 bits per heavy atom. The van der Waals surface area contributed by atoms with Crippen molar-refractivity contribution in [3.63, 3.8) is 0 Å². The van der Waals surface area contributed by atoms with Crippen LogP contribution in [0.5, 0.6) is 5.75 Å². The van der Waals surface area contributed by atoms with Gasteiger partial charge >= 0.3 is 0 Å². The Balaban J connectivity index is 1.90. The molecule has 0 saturated carbocycles. The average Bonchev–Trinajstić information content (AvgIpc) is 2.89. The number of amides is 1. The van der Waals surface area contributed by atoms with Gasteiger partial charge in [0.15, 0.2) is 0 Å². The molecule has 1 aromatic heterocycles. The summed E-state index contributed by atoms with van der Waals surface area (Å²) in [4.78, 5) is 16.0. The minimum Gasteiger partial charge on any atom is -0.494 e. The van der Waals surface area contributed by atoms with Gasteiger partial charge in [-0.05, 0) is 31.2 Å². The second-order valence-corrected chi connectivity index (χ2v) is 5.02. The maximum atomic E-state index is 11.9. The number of aliphatic hydroxyl groups excluding tert-OH is 1. The first-order valence-electron chi connectivity index (χ1n) is 6.28. The molecule has 2 aromatic rings. The Labute approximate surface area is 121 Å². The van der Waals surface area contributed by atoms with Crippen molar-refractivity contribution in [1.82, 2.24) is 4.98 Å². The van der Waals surface area contributed by atoms with Gasteiger partial charge in [-0.2, -0.15) is 0 Å². The zero-order chi connectivity index (χ0) is 14.4. The summed E-state index contributed by atoms with van der Waals surface area (Å²) in [5.74, 6) is 0.644. The molecule has 1 heterocycles. The highest BCUT2D eigenvalue weighted by molar-refractivity contribution is 7.09. The van der Waals surface area contributed by atoms with Crippen LogP contribution in [-0.2, 0) is 17.8 Å². The number of anilines is 1. The molecule has 0 bridgehead atoms. The molecule has 0 atom stereocenters. The molecule has 1 aromatic carbocycles. The second-order valence-electron chi connectivity index (χ2n) is 4.07. The van der Waals surface area contributed by atoms with E-state index in [0.29, 0.717) is 17.3 Å². The Morgan fingerprint density at radius 1 is 1.40 bits per heavy atom. The van der Waals surface area contributed by atoms with Crippen LogP contribution in [0.3, 0.4) is 0 Å². The lowest BCUT2D eigenvalue weighted by atomic mass is 10.3. The van der Waals surface area contributed by atoms with E-state index in [9.17, 15) is 4.79 Å². The van der Waals surface area contributed by atoms with Crippen LogP contribution >= 0.6 is 11.3 Å². The van der Waals surface area contributed by atoms with Crippen molar-refractivity contribution < 1.29 is 14.6 Å². The van der Waals surface area contributed by atoms with Crippen molar-refractivity contribution in [2.24, 2.45) is 0 Å². The van der Waals surface area contributed by atoms with Gasteiger partial charge in [0.25, 0.3) is 0 Å². The number of hydrogen-bond donors (Lipinski definition) is 2. The minimum atomic E-state index is -0.131. The molecular formula is C14H16N2O3S. The number of thiazole rings is 1. The molecule has 0 aliphatic rings. The monoisotopic (exact) mass is 292 g/mol. The first-order valence-corrected chi connectivity index (χ1v) is 7.16. The van der Waals surface area contributed by atoms with Gasteiger partial charge in [-0.3, -0.25) is 4.79 Å². The van der Waals surface area contributed by atoms with E-state index < -0.39 is 0 Å². The van der Waals surface area contributed by atoms with Crippen molar-refractivity contribution >= 4 is 22.9 Å². The smallest absolute Gasteiger partial charge is 0.231 e. The summed E-state index contributed by atoms with van der Waals surface area (Å²) in [6, 6.07) is 7.21. The van der Waals surface area contributed by atoms with Crippen LogP contribution in [-0.4, -0.2) is 22.6 Å². The van der Waals surface area contributed by atoms with Gasteiger partial charge in [-0.15, -0.1) is 11.3 Å². The molecule has 0 aliphatic heterocycles. The zero-order valence-corrected chi connectivity index (χ0v) is 11.9. The molecule has 106 valence electrons. The summed E-state index contributed by atoms with van der Waals surface area (Å²) in [6.45, 7) is 2.43. The molecule has 0 unspecified atom stereocenters. The molecule has 1 amide bonds. The predicted octanol–water partition coefficient (Wildman–Crippen LogP) is 2.22. The van der Waals surface area contributed by atoms with E-state index in [2.05, 4.69) is 10.3 Å². The molecule has 0 fully saturated rings. The third-order valence-corrected chi connectivity index (χ3v) is 3.42. The van der Waals surface area contributed by atoms with Crippen LogP contribution < -0.4 is 10.1 Å². The number of aliphatic hydroxyl groups is 1. The largest absolute Gasteiger partial charge is 0.494 e. The van der Waals surface area contributed by atoms with Crippen molar-refractivity contribution in [1.29, 1.82) is 0 Å². The second kappa shape index (κ2) is 7.02. The summed E-state index contributed by atoms with van der Waals surface area (Å²) in [5.41, 5.74) is 1.32. The van der Waals surface area contributed by atoms with E-state index in [4.69, 9.17) is 9.84 Å². The van der Waals surface area contributed by atoms with Crippen molar-refractivity contribution in [3.8, 4) is 5.75 Å². The average molecular weight is 292 g/mol. The number of benzene rings is 1. The number of ether oxygens (including phenoxy) is 1. The fraction of sp³-hybridized carbons (Fsp3) is 0.286. The zero-order valence-electron chi connectivity index (χ0n) is 11.1. The van der Waals surface area contributed by atoms with Gasteiger partial charge in [0.05, 0.1) is 25.3 Å². The molecule has 6 heteroatoms. The number of hydrogen-bond acceptors (Lipinski definition) is 5. The van der Waals surface area contributed by atoms with Crippen LogP contribution in [0.15, 0.2) is 29.6 Å². The fourth-order valence-corrected chi connectivity index (χ4v) is 2.43. The molecular weight excluding hydrogens is 276 g/mol. The Morgan fingerprint density at radius 2 is 2.15 bits per heavy atom. The highest BCUT2D eigenvalue weighted by atomic mass is 32.1. The van der Waals surface area contributed by atoms with E-state index in [1.165, 1.54) is 11.3 Å². The molecule has 5 nitrogen and oxygen atoms in total. The molecule has 0 aliphatic carbocycles. The van der Waals surface area contributed by atoms with Gasteiger partial charge in [0.2, 0.25) is 5.91 Å². The van der Waals surface area contributed by atoms with E-state index in [-0.39, 0.29) is 18.9 Å². The van der Waals surface area contributed by atoms with Crippen LogP contribution in [0.25, 0.3) is 0 Å². The molecule has 2 rings (SSSR count). The van der Waals surface area contributed by atoms with Crippen molar-refractivity contribution in [2.45, 2.75) is 20.0 Å². The SMILES string of the molecule is CCOc1ccc(NC(=O)Cc2nc(CO)cs2)cc1. The summed E-state index contributed by atoms with van der Waals surface area (Å²) in [7, 11) is 0. The summed E-state index contributed by atoms with van der Waals surface area (Å²) < 4.78 is 5.33. The third kappa shape index (κ3) is 4.04. The van der Waals surface area contributed by atoms with Crippen molar-refractivity contribution in [2.75, 3.05) is 11.9 Å². The van der Waals surface area contributed by atoms with E-state index in [0.717, 1.165) is 11.4 Å². The highest BCUT2D eigenvalue weighted by Gasteiger charge is 2.08. The van der Waals surface area contributed by atoms with Crippen LogP contribution in [0.4, 0.5) is 5.69 Å². The van der Waals surface area contributed by atoms with Gasteiger partial charge < -0.3 is 15.2 Å². The fourth-order valence-electron chi connectivity index (χ4n) is 1.65. The number of rotatable bonds is 6. The minimum absolute atomic E-state index is 0.100. The van der Waals surface area contributed by atoms with Gasteiger partial charge in [0, 0.05) is 11.1 Å². The van der Waals surface area contributed by atoms with E-state index in [1.54, 1.807) is 17.5 Å². The number of nitrogens with one attached hydrogen (secondary N) is 1. The first kappa shape index (κ1) is 14.5. The Bertz CT molecular complexity index is 566. The van der Waals surface area contributed by atoms with E-state index >= 15 is 0 Å². The van der Waals surface area contributed by atoms with Crippen molar-refractivity contribution in [3.05, 3.63) is 40.3 Å². The number of nitrogens with zero attached hydrogens (tertiary/aromatic N) is 1. The predicted molar refractivity (Wildman–Crippen MR) is 78.0 cm³/mol. The molecule has 0 spiro atoms. The lowest BCUT2D eigenvalue weighted by Crippen LogP contribution is -2.14. The lowest BCUT2D eigenvalue weighted by molar-refractivity contribution is -0.115. The Hall–Kier alpha value is -1.92. The number of aromatic nitrogens is 1. The maximum Gasteiger partial charge on any atom is 0.231 e. The maximum absolute atomic E-state index is 11.9. The number of carbonyl (C=O) groups is 1. The third-order valence-electron chi connectivity index (χ3n) is 2.52. The van der Waals surface area contributed by atoms with Crippen LogP contribution in [0.1, 0.15) is 17.6 Å². The topological polar surface area (TPSA) is 71.5 Å². The molecule has 20 heavy (non-hydrogen) atoms. The van der Waals surface area contributed by atoms with Gasteiger partial charge in [0.1, 0.15) is 10.8 Å². The normalized spacial score (nSPS) is 10.3. The first-order chi connectivity index (χ1) is 9.71. The molecule has 2 N–H and O–H groups in total. The summed E-state index contributed by atoms with van der Waals surface area (Å²) in [5, 5.41) is 14.2. The molecule has 0 saturated heterocycles. The number of carbonyl (C=O) groups excluding carboxylic acids is 1. The summed E-state index contributed by atoms with van der Waals surface area (Å²) in [6.07, 6.45) is 0.206. The van der Waals surface area contributed by atoms with Gasteiger partial charge in [-0.1, -0.05) is 0 Å². The van der Waals surface area contributed by atoms with Gasteiger partial charge in [-0.25, -0.2) is 4.98 Å². The lowest BCUT2D eigenvalue weighted by Gasteiger charge is -2.06. The quantitative estimate of drug-likeness (QED) is 0.856. The standard InChI is InChI=1S/C14H16N2O3S/c1-2-19-12-5-3-10(4-6-12)15-13(18)7-14-16-11(8-17)9-20-14/h3-6,9,17H,2,7-8H2,1H3,(H,15,18). The van der Waals surface area contributed by atoms with Crippen LogP contribution in [0, 0.1) is 0 Å². The van der Waals surface area contributed by atoms with E-state index in [1.807, 2.05) is 19.1 Å².